The fourth-order valence-electron chi connectivity index (χ4n) is 6.61. The van der Waals surface area contributed by atoms with Gasteiger partial charge in [-0.15, -0.1) is 0 Å². The van der Waals surface area contributed by atoms with Crippen LogP contribution in [0.25, 0.3) is 0 Å². The van der Waals surface area contributed by atoms with E-state index in [0.29, 0.717) is 38.5 Å². The minimum atomic E-state index is -0.425. The molecule has 0 aromatic carbocycles. The Bertz CT molecular complexity index is 646. The van der Waals surface area contributed by atoms with Crippen LogP contribution in [0.3, 0.4) is 0 Å². The Balaban J connectivity index is 1.54. The van der Waals surface area contributed by atoms with Gasteiger partial charge in [-0.3, -0.25) is 9.59 Å². The monoisotopic (exact) mass is 511 g/mol. The molecule has 1 aliphatic carbocycles. The van der Waals surface area contributed by atoms with Gasteiger partial charge in [0.2, 0.25) is 0 Å². The summed E-state index contributed by atoms with van der Waals surface area (Å²) in [7, 11) is 0. The number of aliphatic hydroxyl groups excluding tert-OH is 1. The van der Waals surface area contributed by atoms with Gasteiger partial charge in [0.05, 0.1) is 6.10 Å². The van der Waals surface area contributed by atoms with Gasteiger partial charge in [0.25, 0.3) is 0 Å². The number of carbonyl (C=O) groups excluding carboxylic acids is 2. The standard InChI is InChI=1S/C29H53NO6/c1-26(2)17-21(18-27(3,4)25(26)33)35-23(31)15-13-11-9-10-12-14-16-24(32)36-22-19-28(5,6)30(34)29(7,8)20-22/h21-22,25,33-34H,9-20H2,1-8H3. The van der Waals surface area contributed by atoms with Gasteiger partial charge in [-0.25, -0.2) is 0 Å². The maximum Gasteiger partial charge on any atom is 0.306 e. The van der Waals surface area contributed by atoms with Crippen LogP contribution >= 0.6 is 0 Å². The van der Waals surface area contributed by atoms with Crippen molar-refractivity contribution in [3.63, 3.8) is 0 Å². The lowest BCUT2D eigenvalue weighted by atomic mass is 9.62. The van der Waals surface area contributed by atoms with E-state index in [1.165, 1.54) is 5.06 Å². The third-order valence-corrected chi connectivity index (χ3v) is 8.20. The predicted molar refractivity (Wildman–Crippen MR) is 141 cm³/mol. The number of carbonyl (C=O) groups is 2. The Morgan fingerprint density at radius 2 is 1.00 bits per heavy atom. The molecule has 7 nitrogen and oxygen atoms in total. The highest BCUT2D eigenvalue weighted by Gasteiger charge is 2.48. The van der Waals surface area contributed by atoms with Gasteiger partial charge in [0.1, 0.15) is 12.2 Å². The van der Waals surface area contributed by atoms with E-state index in [0.717, 1.165) is 38.5 Å². The third-order valence-electron chi connectivity index (χ3n) is 8.20. The summed E-state index contributed by atoms with van der Waals surface area (Å²) in [5.41, 5.74) is -1.37. The molecule has 2 fully saturated rings. The molecular formula is C29H53NO6. The molecule has 0 bridgehead atoms. The lowest BCUT2D eigenvalue weighted by molar-refractivity contribution is -0.259. The Hall–Kier alpha value is -1.18. The fourth-order valence-corrected chi connectivity index (χ4v) is 6.61. The second-order valence-electron chi connectivity index (χ2n) is 14.0. The van der Waals surface area contributed by atoms with Gasteiger partial charge in [0, 0.05) is 36.8 Å². The minimum absolute atomic E-state index is 0.126. The van der Waals surface area contributed by atoms with Gasteiger partial charge in [0.15, 0.2) is 0 Å². The van der Waals surface area contributed by atoms with E-state index in [9.17, 15) is 19.9 Å². The Labute approximate surface area is 219 Å². The molecule has 7 heteroatoms. The molecule has 0 amide bonds. The summed E-state index contributed by atoms with van der Waals surface area (Å²) < 4.78 is 11.5. The minimum Gasteiger partial charge on any atom is -0.462 e. The van der Waals surface area contributed by atoms with Gasteiger partial charge in [-0.2, -0.15) is 5.06 Å². The molecule has 0 aromatic heterocycles. The van der Waals surface area contributed by atoms with Crippen molar-refractivity contribution >= 4 is 11.9 Å². The summed E-state index contributed by atoms with van der Waals surface area (Å²) >= 11 is 0. The molecule has 1 heterocycles. The molecular weight excluding hydrogens is 458 g/mol. The van der Waals surface area contributed by atoms with Crippen LogP contribution in [0.5, 0.6) is 0 Å². The number of unbranched alkanes of at least 4 members (excludes halogenated alkanes) is 5. The van der Waals surface area contributed by atoms with Crippen molar-refractivity contribution in [2.24, 2.45) is 10.8 Å². The first-order valence-corrected chi connectivity index (χ1v) is 14.0. The molecule has 0 unspecified atom stereocenters. The Morgan fingerprint density at radius 3 is 1.39 bits per heavy atom. The SMILES string of the molecule is CC1(C)CC(OC(=O)CCCCCCCCC(=O)OC2CC(C)(C)N(O)C(C)(C)C2)CC(C)(C)C1O. The van der Waals surface area contributed by atoms with Crippen LogP contribution in [-0.4, -0.2) is 56.7 Å². The first-order chi connectivity index (χ1) is 16.5. The van der Waals surface area contributed by atoms with Crippen LogP contribution < -0.4 is 0 Å². The summed E-state index contributed by atoms with van der Waals surface area (Å²) in [4.78, 5) is 24.7. The zero-order chi connectivity index (χ0) is 27.4. The van der Waals surface area contributed by atoms with E-state index in [1.54, 1.807) is 0 Å². The lowest BCUT2D eigenvalue weighted by Gasteiger charge is -2.50. The topological polar surface area (TPSA) is 96.3 Å². The van der Waals surface area contributed by atoms with Crippen molar-refractivity contribution in [1.82, 2.24) is 5.06 Å². The summed E-state index contributed by atoms with van der Waals surface area (Å²) in [6, 6.07) is 0. The van der Waals surface area contributed by atoms with Gasteiger partial charge >= 0.3 is 11.9 Å². The van der Waals surface area contributed by atoms with Gasteiger partial charge in [-0.05, 0) is 64.2 Å². The first kappa shape index (κ1) is 31.0. The van der Waals surface area contributed by atoms with Crippen molar-refractivity contribution in [1.29, 1.82) is 0 Å². The highest BCUT2D eigenvalue weighted by atomic mass is 16.6. The Morgan fingerprint density at radius 1 is 0.667 bits per heavy atom. The molecule has 0 atom stereocenters. The van der Waals surface area contributed by atoms with Crippen molar-refractivity contribution < 1.29 is 29.4 Å². The fraction of sp³-hybridized carbons (Fsp3) is 0.931. The molecule has 1 aliphatic heterocycles. The van der Waals surface area contributed by atoms with E-state index in [1.807, 2.05) is 55.4 Å². The molecule has 2 N–H and O–H groups in total. The number of esters is 2. The zero-order valence-electron chi connectivity index (χ0n) is 24.2. The summed E-state index contributed by atoms with van der Waals surface area (Å²) in [6.07, 6.45) is 8.46. The van der Waals surface area contributed by atoms with Crippen LogP contribution in [0.15, 0.2) is 0 Å². The predicted octanol–water partition coefficient (Wildman–Crippen LogP) is 6.18. The maximum atomic E-state index is 12.3. The van der Waals surface area contributed by atoms with E-state index in [-0.39, 0.29) is 35.0 Å². The van der Waals surface area contributed by atoms with Crippen molar-refractivity contribution in [3.05, 3.63) is 0 Å². The van der Waals surface area contributed by atoms with Crippen LogP contribution in [-0.2, 0) is 19.1 Å². The number of piperidine rings is 1. The third kappa shape index (κ3) is 8.70. The second-order valence-corrected chi connectivity index (χ2v) is 14.0. The number of hydrogen-bond donors (Lipinski definition) is 2. The molecule has 1 saturated heterocycles. The highest BCUT2D eigenvalue weighted by molar-refractivity contribution is 5.69. The largest absolute Gasteiger partial charge is 0.462 e. The number of ether oxygens (including phenoxy) is 2. The average molecular weight is 512 g/mol. The molecule has 36 heavy (non-hydrogen) atoms. The number of nitrogens with zero attached hydrogens (tertiary/aromatic N) is 1. The van der Waals surface area contributed by atoms with Crippen molar-refractivity contribution in [2.45, 2.75) is 162 Å². The summed E-state index contributed by atoms with van der Waals surface area (Å²) in [5.74, 6) is -0.286. The molecule has 2 rings (SSSR count). The van der Waals surface area contributed by atoms with Crippen molar-refractivity contribution in [3.8, 4) is 0 Å². The van der Waals surface area contributed by atoms with Crippen LogP contribution in [0.2, 0.25) is 0 Å². The molecule has 2 aliphatic rings. The van der Waals surface area contributed by atoms with Crippen LogP contribution in [0.4, 0.5) is 0 Å². The first-order valence-electron chi connectivity index (χ1n) is 14.0. The number of hydroxylamine groups is 2. The average Bonchev–Trinajstić information content (AvgIpc) is 2.71. The van der Waals surface area contributed by atoms with Gasteiger partial charge < -0.3 is 19.8 Å². The number of rotatable bonds is 11. The van der Waals surface area contributed by atoms with Crippen LogP contribution in [0.1, 0.15) is 132 Å². The maximum absolute atomic E-state index is 12.3. The second kappa shape index (κ2) is 12.1. The lowest BCUT2D eigenvalue weighted by Crippen LogP contribution is -2.60. The smallest absolute Gasteiger partial charge is 0.306 e. The summed E-state index contributed by atoms with van der Waals surface area (Å²) in [5, 5.41) is 22.3. The highest BCUT2D eigenvalue weighted by Crippen LogP contribution is 2.47. The van der Waals surface area contributed by atoms with E-state index >= 15 is 0 Å². The number of aliphatic hydroxyl groups is 1. The molecule has 0 aromatic rings. The molecule has 1 saturated carbocycles. The summed E-state index contributed by atoms with van der Waals surface area (Å²) in [6.45, 7) is 16.0. The molecule has 0 spiro atoms. The van der Waals surface area contributed by atoms with E-state index < -0.39 is 17.2 Å². The Kier molecular flexibility index (Phi) is 10.5. The molecule has 0 radical (unpaired) electrons. The van der Waals surface area contributed by atoms with E-state index in [2.05, 4.69) is 0 Å². The number of hydrogen-bond acceptors (Lipinski definition) is 7. The van der Waals surface area contributed by atoms with Gasteiger partial charge in [-0.1, -0.05) is 53.4 Å². The molecule has 210 valence electrons. The normalized spacial score (nSPS) is 27.4. The quantitative estimate of drug-likeness (QED) is 0.252. The van der Waals surface area contributed by atoms with Crippen molar-refractivity contribution in [2.75, 3.05) is 0 Å². The zero-order valence-corrected chi connectivity index (χ0v) is 24.2. The van der Waals surface area contributed by atoms with E-state index in [4.69, 9.17) is 9.47 Å². The van der Waals surface area contributed by atoms with Crippen LogP contribution in [0, 0.1) is 10.8 Å².